The number of pyridine rings is 1. The highest BCUT2D eigenvalue weighted by Gasteiger charge is 2.09. The average Bonchev–Trinajstić information content (AvgIpc) is 2.88. The second-order valence-electron chi connectivity index (χ2n) is 6.46. The van der Waals surface area contributed by atoms with E-state index in [0.29, 0.717) is 0 Å². The Bertz CT molecular complexity index is 725. The zero-order valence-corrected chi connectivity index (χ0v) is 14.2. The molecule has 0 saturated heterocycles. The molecule has 0 aliphatic carbocycles. The number of nitrogens with one attached hydrogen (secondary N) is 2. The summed E-state index contributed by atoms with van der Waals surface area (Å²) in [4.78, 5) is 20.5. The van der Waals surface area contributed by atoms with Gasteiger partial charge in [0.15, 0.2) is 0 Å². The van der Waals surface area contributed by atoms with Gasteiger partial charge >= 0.3 is 0 Å². The minimum atomic E-state index is -0.214. The largest absolute Gasteiger partial charge is 0.304 e. The van der Waals surface area contributed by atoms with Crippen molar-refractivity contribution in [2.24, 2.45) is 0 Å². The van der Waals surface area contributed by atoms with E-state index in [-0.39, 0.29) is 11.4 Å². The third kappa shape index (κ3) is 5.03. The van der Waals surface area contributed by atoms with Crippen molar-refractivity contribution < 1.29 is 4.79 Å². The molecule has 0 bridgehead atoms. The molecule has 2 heterocycles. The first-order valence-electron chi connectivity index (χ1n) is 7.48. The van der Waals surface area contributed by atoms with Crippen molar-refractivity contribution in [1.29, 1.82) is 0 Å². The molecule has 0 atom stereocenters. The number of nitrogens with zero attached hydrogens (tertiary/aromatic N) is 3. The number of aromatic nitrogens is 3. The van der Waals surface area contributed by atoms with Crippen LogP contribution in [0.5, 0.6) is 0 Å². The van der Waals surface area contributed by atoms with Gasteiger partial charge < -0.3 is 4.57 Å². The molecule has 0 spiro atoms. The number of amides is 1. The first-order valence-corrected chi connectivity index (χ1v) is 7.48. The van der Waals surface area contributed by atoms with E-state index in [4.69, 9.17) is 0 Å². The molecule has 0 aliphatic rings. The molecule has 2 N–H and O–H groups in total. The van der Waals surface area contributed by atoms with Crippen LogP contribution in [0.15, 0.2) is 30.7 Å². The number of hydrogen-bond acceptors (Lipinski definition) is 4. The van der Waals surface area contributed by atoms with Crippen LogP contribution in [0.1, 0.15) is 37.9 Å². The lowest BCUT2D eigenvalue weighted by atomic mass is 10.1. The molecule has 6 heteroatoms. The summed E-state index contributed by atoms with van der Waals surface area (Å²) in [5, 5.41) is 0. The Kier molecular flexibility index (Phi) is 4.95. The Morgan fingerprint density at radius 2 is 2.00 bits per heavy atom. The quantitative estimate of drug-likeness (QED) is 0.671. The normalized spacial score (nSPS) is 11.9. The predicted molar refractivity (Wildman–Crippen MR) is 90.9 cm³/mol. The first kappa shape index (κ1) is 16.9. The van der Waals surface area contributed by atoms with Gasteiger partial charge in [-0.05, 0) is 52.8 Å². The number of imidazole rings is 1. The zero-order chi connectivity index (χ0) is 17.0. The Hall–Kier alpha value is -2.47. The Morgan fingerprint density at radius 3 is 2.57 bits per heavy atom. The monoisotopic (exact) mass is 313 g/mol. The van der Waals surface area contributed by atoms with Gasteiger partial charge in [0, 0.05) is 17.8 Å². The van der Waals surface area contributed by atoms with Crippen LogP contribution in [0.2, 0.25) is 0 Å². The summed E-state index contributed by atoms with van der Waals surface area (Å²) < 4.78 is 1.94. The summed E-state index contributed by atoms with van der Waals surface area (Å²) >= 11 is 0. The highest BCUT2D eigenvalue weighted by Crippen LogP contribution is 2.14. The second-order valence-corrected chi connectivity index (χ2v) is 6.46. The maximum atomic E-state index is 11.7. The Morgan fingerprint density at radius 1 is 1.26 bits per heavy atom. The van der Waals surface area contributed by atoms with Crippen LogP contribution in [0, 0.1) is 13.8 Å². The molecule has 0 unspecified atom stereocenters. The fourth-order valence-electron chi connectivity index (χ4n) is 1.94. The van der Waals surface area contributed by atoms with E-state index in [1.807, 2.05) is 57.5 Å². The van der Waals surface area contributed by atoms with Crippen LogP contribution in [0.25, 0.3) is 11.8 Å². The molecule has 0 aromatic carbocycles. The molecule has 2 aromatic rings. The third-order valence-electron chi connectivity index (χ3n) is 3.04. The van der Waals surface area contributed by atoms with E-state index in [0.717, 1.165) is 22.8 Å². The molecule has 0 saturated carbocycles. The predicted octanol–water partition coefficient (Wildman–Crippen LogP) is 2.32. The van der Waals surface area contributed by atoms with Gasteiger partial charge in [0.25, 0.3) is 5.91 Å². The van der Waals surface area contributed by atoms with Gasteiger partial charge in [-0.1, -0.05) is 0 Å². The topological polar surface area (TPSA) is 71.8 Å². The standard InChI is InChI=1S/C17H23N5O/c1-12-10-22(11-18-12)15-8-6-14(19-13(15)2)7-9-16(23)20-21-17(3,4)5/h6-11,21H,1-5H3,(H,20,23)/b9-7+. The maximum Gasteiger partial charge on any atom is 0.258 e. The van der Waals surface area contributed by atoms with E-state index in [2.05, 4.69) is 20.8 Å². The lowest BCUT2D eigenvalue weighted by Gasteiger charge is -2.20. The lowest BCUT2D eigenvalue weighted by Crippen LogP contribution is -2.48. The van der Waals surface area contributed by atoms with Gasteiger partial charge in [-0.2, -0.15) is 0 Å². The minimum absolute atomic E-state index is 0.178. The summed E-state index contributed by atoms with van der Waals surface area (Å²) in [7, 11) is 0. The van der Waals surface area contributed by atoms with Crippen molar-refractivity contribution in [2.75, 3.05) is 0 Å². The number of carbonyl (C=O) groups excluding carboxylic acids is 1. The molecule has 1 amide bonds. The highest BCUT2D eigenvalue weighted by molar-refractivity contribution is 5.91. The number of hydrazine groups is 1. The van der Waals surface area contributed by atoms with Gasteiger partial charge in [-0.25, -0.2) is 10.4 Å². The fraction of sp³-hybridized carbons (Fsp3) is 0.353. The van der Waals surface area contributed by atoms with Crippen LogP contribution in [-0.4, -0.2) is 26.0 Å². The van der Waals surface area contributed by atoms with Crippen molar-refractivity contribution >= 4 is 12.0 Å². The van der Waals surface area contributed by atoms with Crippen molar-refractivity contribution in [3.8, 4) is 5.69 Å². The van der Waals surface area contributed by atoms with Crippen molar-refractivity contribution in [1.82, 2.24) is 25.4 Å². The zero-order valence-electron chi connectivity index (χ0n) is 14.2. The number of rotatable bonds is 4. The van der Waals surface area contributed by atoms with Crippen LogP contribution >= 0.6 is 0 Å². The summed E-state index contributed by atoms with van der Waals surface area (Å²) in [6.45, 7) is 9.79. The van der Waals surface area contributed by atoms with Crippen molar-refractivity contribution in [3.63, 3.8) is 0 Å². The van der Waals surface area contributed by atoms with Gasteiger partial charge in [-0.3, -0.25) is 15.2 Å². The molecule has 0 fully saturated rings. The maximum absolute atomic E-state index is 11.7. The SMILES string of the molecule is Cc1cn(-c2ccc(/C=C/C(=O)NNC(C)(C)C)nc2C)cn1. The van der Waals surface area contributed by atoms with Crippen LogP contribution < -0.4 is 10.9 Å². The molecule has 0 aliphatic heterocycles. The highest BCUT2D eigenvalue weighted by atomic mass is 16.2. The summed E-state index contributed by atoms with van der Waals surface area (Å²) in [5.41, 5.74) is 8.91. The second kappa shape index (κ2) is 6.75. The average molecular weight is 313 g/mol. The van der Waals surface area contributed by atoms with Gasteiger partial charge in [-0.15, -0.1) is 0 Å². The molecular weight excluding hydrogens is 290 g/mol. The number of hydrogen-bond donors (Lipinski definition) is 2. The fourth-order valence-corrected chi connectivity index (χ4v) is 1.94. The number of carbonyl (C=O) groups is 1. The molecule has 2 aromatic heterocycles. The summed E-state index contributed by atoms with van der Waals surface area (Å²) in [6, 6.07) is 3.84. The van der Waals surface area contributed by atoms with Gasteiger partial charge in [0.2, 0.25) is 0 Å². The lowest BCUT2D eigenvalue weighted by molar-refractivity contribution is -0.117. The molecular formula is C17H23N5O. The van der Waals surface area contributed by atoms with Crippen LogP contribution in [0.4, 0.5) is 0 Å². The summed E-state index contributed by atoms with van der Waals surface area (Å²) in [5.74, 6) is -0.214. The molecule has 23 heavy (non-hydrogen) atoms. The van der Waals surface area contributed by atoms with Gasteiger partial charge in [0.1, 0.15) is 0 Å². The number of aryl methyl sites for hydroxylation is 2. The van der Waals surface area contributed by atoms with Gasteiger partial charge in [0.05, 0.1) is 29.1 Å². The first-order chi connectivity index (χ1) is 10.7. The third-order valence-corrected chi connectivity index (χ3v) is 3.04. The molecule has 2 rings (SSSR count). The summed E-state index contributed by atoms with van der Waals surface area (Å²) in [6.07, 6.45) is 6.86. The Labute approximate surface area is 136 Å². The van der Waals surface area contributed by atoms with E-state index >= 15 is 0 Å². The van der Waals surface area contributed by atoms with Crippen molar-refractivity contribution in [2.45, 2.75) is 40.2 Å². The van der Waals surface area contributed by atoms with E-state index < -0.39 is 0 Å². The Balaban J connectivity index is 2.06. The van der Waals surface area contributed by atoms with Crippen LogP contribution in [-0.2, 0) is 4.79 Å². The minimum Gasteiger partial charge on any atom is -0.304 e. The van der Waals surface area contributed by atoms with Crippen molar-refractivity contribution in [3.05, 3.63) is 47.8 Å². The van der Waals surface area contributed by atoms with E-state index in [1.54, 1.807) is 12.4 Å². The van der Waals surface area contributed by atoms with E-state index in [9.17, 15) is 4.79 Å². The molecule has 6 nitrogen and oxygen atoms in total. The van der Waals surface area contributed by atoms with Crippen LogP contribution in [0.3, 0.4) is 0 Å². The van der Waals surface area contributed by atoms with E-state index in [1.165, 1.54) is 6.08 Å². The molecule has 0 radical (unpaired) electrons. The smallest absolute Gasteiger partial charge is 0.258 e. The molecule has 122 valence electrons.